The van der Waals surface area contributed by atoms with Gasteiger partial charge in [-0.25, -0.2) is 4.79 Å². The van der Waals surface area contributed by atoms with Gasteiger partial charge in [-0.2, -0.15) is 0 Å². The zero-order valence-electron chi connectivity index (χ0n) is 15.4. The number of nitrogens with one attached hydrogen (secondary N) is 1. The van der Waals surface area contributed by atoms with Crippen molar-refractivity contribution in [1.82, 2.24) is 0 Å². The van der Waals surface area contributed by atoms with Crippen LogP contribution in [0.2, 0.25) is 0 Å². The minimum atomic E-state index is -1.15. The molecular weight excluding hydrogens is 372 g/mol. The van der Waals surface area contributed by atoms with E-state index in [-0.39, 0.29) is 40.5 Å². The van der Waals surface area contributed by atoms with Crippen molar-refractivity contribution in [3.63, 3.8) is 0 Å². The minimum Gasteiger partial charge on any atom is -0.478 e. The summed E-state index contributed by atoms with van der Waals surface area (Å²) in [6, 6.07) is 12.3. The fraction of sp³-hybridized carbons (Fsp3) is 0.182. The number of amides is 3. The van der Waals surface area contributed by atoms with Gasteiger partial charge in [-0.15, -0.1) is 0 Å². The number of carboxylic acid groups (broad SMARTS) is 1. The van der Waals surface area contributed by atoms with Gasteiger partial charge < -0.3 is 10.4 Å². The molecule has 1 saturated heterocycles. The maximum absolute atomic E-state index is 12.7. The van der Waals surface area contributed by atoms with Crippen LogP contribution in [0.15, 0.2) is 60.7 Å². The van der Waals surface area contributed by atoms with Crippen LogP contribution in [0.1, 0.15) is 33.6 Å². The van der Waals surface area contributed by atoms with Crippen LogP contribution < -0.4 is 10.2 Å². The SMILES string of the molecule is O=C(Nc1ccccc1C(=O)O)c1cccc(N2C(=O)[C@H]3CC=CC[C@H]3C2=O)c1. The van der Waals surface area contributed by atoms with Gasteiger partial charge >= 0.3 is 5.97 Å². The number of nitrogens with zero attached hydrogens (tertiary/aromatic N) is 1. The fourth-order valence-corrected chi connectivity index (χ4v) is 3.81. The molecule has 29 heavy (non-hydrogen) atoms. The molecule has 1 aliphatic carbocycles. The van der Waals surface area contributed by atoms with Gasteiger partial charge in [0.15, 0.2) is 0 Å². The number of imide groups is 1. The molecule has 0 saturated carbocycles. The van der Waals surface area contributed by atoms with Gasteiger partial charge in [-0.05, 0) is 43.2 Å². The van der Waals surface area contributed by atoms with Crippen molar-refractivity contribution in [2.24, 2.45) is 11.8 Å². The predicted molar refractivity (Wildman–Crippen MR) is 106 cm³/mol. The average molecular weight is 390 g/mol. The van der Waals surface area contributed by atoms with E-state index in [0.717, 1.165) is 4.90 Å². The van der Waals surface area contributed by atoms with Crippen LogP contribution in [0.5, 0.6) is 0 Å². The zero-order chi connectivity index (χ0) is 20.5. The smallest absolute Gasteiger partial charge is 0.337 e. The Bertz CT molecular complexity index is 1030. The highest BCUT2D eigenvalue weighted by molar-refractivity contribution is 6.22. The highest BCUT2D eigenvalue weighted by atomic mass is 16.4. The van der Waals surface area contributed by atoms with Gasteiger partial charge in [0.1, 0.15) is 0 Å². The van der Waals surface area contributed by atoms with E-state index in [9.17, 15) is 24.3 Å². The Balaban J connectivity index is 1.60. The van der Waals surface area contributed by atoms with E-state index >= 15 is 0 Å². The number of hydrogen-bond acceptors (Lipinski definition) is 4. The Kier molecular flexibility index (Phi) is 4.72. The maximum Gasteiger partial charge on any atom is 0.337 e. The molecule has 2 atom stereocenters. The monoisotopic (exact) mass is 390 g/mol. The highest BCUT2D eigenvalue weighted by Crippen LogP contribution is 2.37. The third-order valence-corrected chi connectivity index (χ3v) is 5.28. The summed E-state index contributed by atoms with van der Waals surface area (Å²) in [7, 11) is 0. The fourth-order valence-electron chi connectivity index (χ4n) is 3.81. The number of hydrogen-bond donors (Lipinski definition) is 2. The number of allylic oxidation sites excluding steroid dienone is 2. The second-order valence-electron chi connectivity index (χ2n) is 7.02. The van der Waals surface area contributed by atoms with Crippen molar-refractivity contribution in [2.45, 2.75) is 12.8 Å². The van der Waals surface area contributed by atoms with Gasteiger partial charge in [-0.1, -0.05) is 30.4 Å². The number of benzene rings is 2. The first-order chi connectivity index (χ1) is 14.0. The molecular formula is C22H18N2O5. The van der Waals surface area contributed by atoms with Crippen molar-refractivity contribution in [2.75, 3.05) is 10.2 Å². The van der Waals surface area contributed by atoms with Crippen molar-refractivity contribution in [3.05, 3.63) is 71.8 Å². The summed E-state index contributed by atoms with van der Waals surface area (Å²) in [5.74, 6) is -2.89. The number of para-hydroxylation sites is 1. The van der Waals surface area contributed by atoms with Crippen LogP contribution in [0, 0.1) is 11.8 Å². The quantitative estimate of drug-likeness (QED) is 0.617. The average Bonchev–Trinajstić information content (AvgIpc) is 2.99. The third kappa shape index (κ3) is 3.31. The predicted octanol–water partition coefficient (Wildman–Crippen LogP) is 3.09. The molecule has 2 aromatic carbocycles. The first-order valence-corrected chi connectivity index (χ1v) is 9.24. The van der Waals surface area contributed by atoms with Crippen LogP contribution in [-0.2, 0) is 9.59 Å². The van der Waals surface area contributed by atoms with Gasteiger partial charge in [0.25, 0.3) is 5.91 Å². The van der Waals surface area contributed by atoms with E-state index in [0.29, 0.717) is 18.5 Å². The Morgan fingerprint density at radius 2 is 1.59 bits per heavy atom. The lowest BCUT2D eigenvalue weighted by molar-refractivity contribution is -0.122. The van der Waals surface area contributed by atoms with Crippen LogP contribution in [0.4, 0.5) is 11.4 Å². The van der Waals surface area contributed by atoms with E-state index in [1.165, 1.54) is 18.2 Å². The van der Waals surface area contributed by atoms with Gasteiger partial charge in [-0.3, -0.25) is 19.3 Å². The van der Waals surface area contributed by atoms with Crippen molar-refractivity contribution in [1.29, 1.82) is 0 Å². The number of aromatic carboxylic acids is 1. The molecule has 7 heteroatoms. The molecule has 2 aromatic rings. The zero-order valence-corrected chi connectivity index (χ0v) is 15.4. The number of carbonyl (C=O) groups excluding carboxylic acids is 3. The van der Waals surface area contributed by atoms with Gasteiger partial charge in [0, 0.05) is 5.56 Å². The molecule has 0 radical (unpaired) electrons. The summed E-state index contributed by atoms with van der Waals surface area (Å²) in [5.41, 5.74) is 0.698. The van der Waals surface area contributed by atoms with Gasteiger partial charge in [0.2, 0.25) is 11.8 Å². The summed E-state index contributed by atoms with van der Waals surface area (Å²) < 4.78 is 0. The van der Waals surface area contributed by atoms with Gasteiger partial charge in [0.05, 0.1) is 28.8 Å². The van der Waals surface area contributed by atoms with Crippen LogP contribution >= 0.6 is 0 Å². The molecule has 0 unspecified atom stereocenters. The number of carboxylic acids is 1. The lowest BCUT2D eigenvalue weighted by Crippen LogP contribution is -2.31. The molecule has 0 aromatic heterocycles. The molecule has 1 heterocycles. The molecule has 146 valence electrons. The molecule has 7 nitrogen and oxygen atoms in total. The second kappa shape index (κ2) is 7.35. The summed E-state index contributed by atoms with van der Waals surface area (Å²) in [6.45, 7) is 0. The van der Waals surface area contributed by atoms with Crippen LogP contribution in [-0.4, -0.2) is 28.8 Å². The number of carbonyl (C=O) groups is 4. The van der Waals surface area contributed by atoms with Crippen molar-refractivity contribution in [3.8, 4) is 0 Å². The van der Waals surface area contributed by atoms with E-state index in [1.807, 2.05) is 12.2 Å². The summed E-state index contributed by atoms with van der Waals surface area (Å²) in [5, 5.41) is 11.8. The number of rotatable bonds is 4. The Labute approximate surface area is 166 Å². The lowest BCUT2D eigenvalue weighted by Gasteiger charge is -2.16. The molecule has 4 rings (SSSR count). The Morgan fingerprint density at radius 1 is 0.931 bits per heavy atom. The third-order valence-electron chi connectivity index (χ3n) is 5.28. The largest absolute Gasteiger partial charge is 0.478 e. The molecule has 3 amide bonds. The molecule has 0 bridgehead atoms. The summed E-state index contributed by atoms with van der Waals surface area (Å²) >= 11 is 0. The summed E-state index contributed by atoms with van der Waals surface area (Å²) in [6.07, 6.45) is 4.91. The first-order valence-electron chi connectivity index (χ1n) is 9.24. The Hall–Kier alpha value is -3.74. The summed E-state index contributed by atoms with van der Waals surface area (Å²) in [4.78, 5) is 50.6. The van der Waals surface area contributed by atoms with E-state index in [2.05, 4.69) is 5.32 Å². The highest BCUT2D eigenvalue weighted by Gasteiger charge is 2.47. The van der Waals surface area contributed by atoms with E-state index in [4.69, 9.17) is 0 Å². The molecule has 1 aliphatic heterocycles. The standard InChI is InChI=1S/C22H18N2O5/c25-19(23-18-11-4-3-10-17(18)22(28)29)13-6-5-7-14(12-13)24-20(26)15-8-1-2-9-16(15)21(24)27/h1-7,10-12,15-16H,8-9H2,(H,23,25)(H,28,29)/t15-,16+. The molecule has 1 fully saturated rings. The molecule has 0 spiro atoms. The number of anilines is 2. The minimum absolute atomic E-state index is 0.0292. The second-order valence-corrected chi connectivity index (χ2v) is 7.02. The van der Waals surface area contributed by atoms with Crippen LogP contribution in [0.25, 0.3) is 0 Å². The normalized spacial score (nSPS) is 20.5. The van der Waals surface area contributed by atoms with Crippen LogP contribution in [0.3, 0.4) is 0 Å². The van der Waals surface area contributed by atoms with Crippen molar-refractivity contribution < 1.29 is 24.3 Å². The topological polar surface area (TPSA) is 104 Å². The molecule has 2 N–H and O–H groups in total. The lowest BCUT2D eigenvalue weighted by atomic mass is 9.85. The van der Waals surface area contributed by atoms with E-state index < -0.39 is 11.9 Å². The van der Waals surface area contributed by atoms with Crippen molar-refractivity contribution >= 4 is 35.1 Å². The van der Waals surface area contributed by atoms with E-state index in [1.54, 1.807) is 30.3 Å². The number of fused-ring (bicyclic) bond motifs is 1. The molecule has 2 aliphatic rings. The maximum atomic E-state index is 12.7. The first kappa shape index (κ1) is 18.6. The Morgan fingerprint density at radius 3 is 2.24 bits per heavy atom.